The number of benzene rings is 2. The number of hydrogen-bond donors (Lipinski definition) is 3. The molecule has 2 heterocycles. The zero-order chi connectivity index (χ0) is 20.2. The number of hydrogen-bond acceptors (Lipinski definition) is 5. The maximum atomic E-state index is 12.8. The van der Waals surface area contributed by atoms with Crippen LogP contribution in [0.1, 0.15) is 10.5 Å². The molecule has 2 aromatic carbocycles. The molecule has 7 nitrogen and oxygen atoms in total. The van der Waals surface area contributed by atoms with Gasteiger partial charge in [-0.1, -0.05) is 35.9 Å². The van der Waals surface area contributed by atoms with E-state index < -0.39 is 0 Å². The Balaban J connectivity index is 1.65. The molecular weight excluding hydrogens is 388 g/mol. The first-order chi connectivity index (χ1) is 14.2. The number of para-hydroxylation sites is 2. The fourth-order valence-electron chi connectivity index (χ4n) is 2.99. The topological polar surface area (TPSA) is 97.3 Å². The van der Waals surface area contributed by atoms with Gasteiger partial charge in [0.25, 0.3) is 5.91 Å². The zero-order valence-electron chi connectivity index (χ0n) is 15.5. The van der Waals surface area contributed by atoms with Crippen LogP contribution in [0, 0.1) is 0 Å². The third-order valence-corrected chi connectivity index (χ3v) is 4.61. The number of aromatic nitrogens is 3. The van der Waals surface area contributed by atoms with Crippen LogP contribution in [0.2, 0.25) is 5.02 Å². The van der Waals surface area contributed by atoms with Gasteiger partial charge in [-0.25, -0.2) is 9.50 Å². The highest BCUT2D eigenvalue weighted by atomic mass is 35.5. The van der Waals surface area contributed by atoms with Gasteiger partial charge >= 0.3 is 0 Å². The Labute approximate surface area is 172 Å². The van der Waals surface area contributed by atoms with Gasteiger partial charge in [-0.2, -0.15) is 5.10 Å². The van der Waals surface area contributed by atoms with Crippen LogP contribution in [-0.2, 0) is 0 Å². The fourth-order valence-corrected chi connectivity index (χ4v) is 3.18. The summed E-state index contributed by atoms with van der Waals surface area (Å²) in [7, 11) is 0. The van der Waals surface area contributed by atoms with E-state index in [0.717, 1.165) is 16.8 Å². The number of rotatable bonds is 6. The molecule has 0 unspecified atom stereocenters. The number of nitrogens with zero attached hydrogens (tertiary/aromatic N) is 3. The summed E-state index contributed by atoms with van der Waals surface area (Å²) in [6.45, 7) is 1.10. The Bertz CT molecular complexity index is 1170. The molecule has 8 heteroatoms. The molecule has 0 aliphatic heterocycles. The predicted molar refractivity (Wildman–Crippen MR) is 115 cm³/mol. The van der Waals surface area contributed by atoms with Crippen LogP contribution in [0.5, 0.6) is 0 Å². The van der Waals surface area contributed by atoms with Crippen molar-refractivity contribution in [2.45, 2.75) is 0 Å². The van der Waals surface area contributed by atoms with E-state index in [0.29, 0.717) is 29.4 Å². The van der Waals surface area contributed by atoms with Gasteiger partial charge in [-0.3, -0.25) is 4.79 Å². The first-order valence-corrected chi connectivity index (χ1v) is 9.48. The lowest BCUT2D eigenvalue weighted by Crippen LogP contribution is -2.17. The SMILES string of the molecule is NCCNc1ccccc1NC(=O)c1ccn2ncc(-c3cccc(Cl)c3)c2n1. The average molecular weight is 407 g/mol. The molecule has 0 atom stereocenters. The molecule has 4 rings (SSSR count). The molecular formula is C21H19ClN6O. The smallest absolute Gasteiger partial charge is 0.274 e. The third kappa shape index (κ3) is 4.06. The first-order valence-electron chi connectivity index (χ1n) is 9.10. The van der Waals surface area contributed by atoms with Crippen LogP contribution in [0.15, 0.2) is 67.0 Å². The van der Waals surface area contributed by atoms with Crippen molar-refractivity contribution in [3.63, 3.8) is 0 Å². The molecule has 0 bridgehead atoms. The van der Waals surface area contributed by atoms with E-state index in [-0.39, 0.29) is 11.6 Å². The molecule has 0 saturated carbocycles. The van der Waals surface area contributed by atoms with Crippen molar-refractivity contribution in [2.75, 3.05) is 23.7 Å². The summed E-state index contributed by atoms with van der Waals surface area (Å²) in [6, 6.07) is 16.5. The second-order valence-electron chi connectivity index (χ2n) is 6.36. The summed E-state index contributed by atoms with van der Waals surface area (Å²) in [5, 5.41) is 11.0. The summed E-state index contributed by atoms with van der Waals surface area (Å²) >= 11 is 6.11. The van der Waals surface area contributed by atoms with Crippen LogP contribution in [-0.4, -0.2) is 33.6 Å². The van der Waals surface area contributed by atoms with Gasteiger partial charge in [0.1, 0.15) is 5.69 Å². The van der Waals surface area contributed by atoms with E-state index in [1.807, 2.05) is 42.5 Å². The number of nitrogens with one attached hydrogen (secondary N) is 2. The molecule has 4 N–H and O–H groups in total. The van der Waals surface area contributed by atoms with Crippen molar-refractivity contribution in [3.8, 4) is 11.1 Å². The number of nitrogens with two attached hydrogens (primary N) is 1. The highest BCUT2D eigenvalue weighted by molar-refractivity contribution is 6.30. The second kappa shape index (κ2) is 8.30. The highest BCUT2D eigenvalue weighted by Gasteiger charge is 2.14. The molecule has 4 aromatic rings. The van der Waals surface area contributed by atoms with Crippen molar-refractivity contribution in [1.29, 1.82) is 0 Å². The van der Waals surface area contributed by atoms with E-state index in [2.05, 4.69) is 20.7 Å². The van der Waals surface area contributed by atoms with Gasteiger partial charge in [-0.15, -0.1) is 0 Å². The van der Waals surface area contributed by atoms with Crippen molar-refractivity contribution in [1.82, 2.24) is 14.6 Å². The van der Waals surface area contributed by atoms with E-state index in [4.69, 9.17) is 17.3 Å². The van der Waals surface area contributed by atoms with Gasteiger partial charge in [0.15, 0.2) is 5.65 Å². The maximum absolute atomic E-state index is 12.8. The van der Waals surface area contributed by atoms with Gasteiger partial charge in [0, 0.05) is 29.9 Å². The van der Waals surface area contributed by atoms with Crippen LogP contribution in [0.25, 0.3) is 16.8 Å². The summed E-state index contributed by atoms with van der Waals surface area (Å²) in [5.74, 6) is -0.312. The molecule has 0 aliphatic carbocycles. The monoisotopic (exact) mass is 406 g/mol. The minimum absolute atomic E-state index is 0.287. The van der Waals surface area contributed by atoms with E-state index in [9.17, 15) is 4.79 Å². The Morgan fingerprint density at radius 2 is 1.93 bits per heavy atom. The van der Waals surface area contributed by atoms with Crippen LogP contribution >= 0.6 is 11.6 Å². The second-order valence-corrected chi connectivity index (χ2v) is 6.80. The van der Waals surface area contributed by atoms with Gasteiger partial charge in [0.05, 0.1) is 17.6 Å². The summed E-state index contributed by atoms with van der Waals surface area (Å²) in [4.78, 5) is 17.4. The molecule has 0 saturated heterocycles. The first kappa shape index (κ1) is 18.9. The standard InChI is InChI=1S/C21H19ClN6O/c22-15-5-3-4-14(12-15)16-13-25-28-11-8-19(26-20(16)28)21(29)27-18-7-2-1-6-17(18)24-10-9-23/h1-8,11-13,24H,9-10,23H2,(H,27,29). The lowest BCUT2D eigenvalue weighted by molar-refractivity contribution is 0.102. The molecule has 29 heavy (non-hydrogen) atoms. The fraction of sp³-hybridized carbons (Fsp3) is 0.0952. The van der Waals surface area contributed by atoms with E-state index in [1.54, 1.807) is 29.0 Å². The van der Waals surface area contributed by atoms with Gasteiger partial charge in [0.2, 0.25) is 0 Å². The Morgan fingerprint density at radius 1 is 1.10 bits per heavy atom. The van der Waals surface area contributed by atoms with Crippen molar-refractivity contribution in [2.24, 2.45) is 5.73 Å². The van der Waals surface area contributed by atoms with Crippen molar-refractivity contribution in [3.05, 3.63) is 77.7 Å². The number of carbonyl (C=O) groups is 1. The van der Waals surface area contributed by atoms with E-state index in [1.165, 1.54) is 0 Å². The Morgan fingerprint density at radius 3 is 2.72 bits per heavy atom. The van der Waals surface area contributed by atoms with Gasteiger partial charge < -0.3 is 16.4 Å². The summed E-state index contributed by atoms with van der Waals surface area (Å²) < 4.78 is 1.63. The Hall–Kier alpha value is -3.42. The van der Waals surface area contributed by atoms with Crippen LogP contribution < -0.4 is 16.4 Å². The minimum atomic E-state index is -0.312. The molecule has 0 fully saturated rings. The molecule has 146 valence electrons. The summed E-state index contributed by atoms with van der Waals surface area (Å²) in [5.41, 5.74) is 9.57. The average Bonchev–Trinajstić information content (AvgIpc) is 3.16. The number of anilines is 2. The lowest BCUT2D eigenvalue weighted by atomic mass is 10.1. The summed E-state index contributed by atoms with van der Waals surface area (Å²) in [6.07, 6.45) is 3.42. The van der Waals surface area contributed by atoms with E-state index >= 15 is 0 Å². The lowest BCUT2D eigenvalue weighted by Gasteiger charge is -2.12. The number of amides is 1. The normalized spacial score (nSPS) is 10.8. The van der Waals surface area contributed by atoms with Crippen molar-refractivity contribution < 1.29 is 4.79 Å². The highest BCUT2D eigenvalue weighted by Crippen LogP contribution is 2.26. The third-order valence-electron chi connectivity index (χ3n) is 4.37. The molecule has 0 radical (unpaired) electrons. The molecule has 0 spiro atoms. The molecule has 1 amide bonds. The van der Waals surface area contributed by atoms with Crippen LogP contribution in [0.4, 0.5) is 11.4 Å². The minimum Gasteiger partial charge on any atom is -0.382 e. The van der Waals surface area contributed by atoms with Crippen LogP contribution in [0.3, 0.4) is 0 Å². The molecule has 0 aliphatic rings. The quantitative estimate of drug-likeness (QED) is 0.454. The largest absolute Gasteiger partial charge is 0.382 e. The number of halogens is 1. The maximum Gasteiger partial charge on any atom is 0.274 e. The Kier molecular flexibility index (Phi) is 5.41. The van der Waals surface area contributed by atoms with Crippen molar-refractivity contribution >= 4 is 34.5 Å². The zero-order valence-corrected chi connectivity index (χ0v) is 16.2. The predicted octanol–water partition coefficient (Wildman–Crippen LogP) is 3.67. The van der Waals surface area contributed by atoms with Gasteiger partial charge in [-0.05, 0) is 35.9 Å². The number of fused-ring (bicyclic) bond motifs is 1. The molecule has 2 aromatic heterocycles. The number of carbonyl (C=O) groups excluding carboxylic acids is 1.